The minimum Gasteiger partial charge on any atom is -0.504 e. The van der Waals surface area contributed by atoms with Gasteiger partial charge in [-0.15, -0.1) is 0 Å². The van der Waals surface area contributed by atoms with E-state index in [2.05, 4.69) is 0 Å². The molecule has 9 atom stereocenters. The van der Waals surface area contributed by atoms with Gasteiger partial charge in [-0.3, -0.25) is 19.2 Å². The number of cyclic esters (lactones) is 1. The molecule has 0 aromatic rings. The summed E-state index contributed by atoms with van der Waals surface area (Å²) in [5, 5.41) is 9.07. The zero-order chi connectivity index (χ0) is 27.8. The minimum absolute atomic E-state index is 0.0313. The molecule has 10 heteroatoms. The summed E-state index contributed by atoms with van der Waals surface area (Å²) in [4.78, 5) is 51.2. The first-order valence-corrected chi connectivity index (χ1v) is 14.2. The predicted molar refractivity (Wildman–Crippen MR) is 134 cm³/mol. The van der Waals surface area contributed by atoms with Crippen molar-refractivity contribution in [2.75, 3.05) is 6.61 Å². The van der Waals surface area contributed by atoms with Crippen LogP contribution in [-0.4, -0.2) is 57.2 Å². The summed E-state index contributed by atoms with van der Waals surface area (Å²) in [7, 11) is 0. The maximum atomic E-state index is 17.4. The third-order valence-electron chi connectivity index (χ3n) is 10.3. The zero-order valence-corrected chi connectivity index (χ0v) is 22.9. The number of hydrogen-bond acceptors (Lipinski definition) is 8. The predicted octanol–water partition coefficient (Wildman–Crippen LogP) is 4.73. The number of ether oxygens (including phenoxy) is 2. The van der Waals surface area contributed by atoms with Crippen LogP contribution in [0.25, 0.3) is 0 Å². The van der Waals surface area contributed by atoms with Crippen LogP contribution in [0.1, 0.15) is 66.2 Å². The Balaban J connectivity index is 1.58. The first-order valence-electron chi connectivity index (χ1n) is 13.4. The van der Waals surface area contributed by atoms with Gasteiger partial charge in [0.25, 0.3) is 0 Å². The number of alkyl halides is 2. The number of aliphatic hydroxyl groups is 1. The highest BCUT2D eigenvalue weighted by molar-refractivity contribution is 8.14. The molecule has 4 aliphatic carbocycles. The highest BCUT2D eigenvalue weighted by Gasteiger charge is 2.76. The Labute approximate surface area is 224 Å². The molecule has 7 nitrogen and oxygen atoms in total. The number of halogens is 2. The Morgan fingerprint density at radius 3 is 2.55 bits per heavy atom. The molecule has 0 spiro atoms. The maximum Gasteiger partial charge on any atom is 0.319 e. The van der Waals surface area contributed by atoms with Crippen molar-refractivity contribution in [1.29, 1.82) is 0 Å². The summed E-state index contributed by atoms with van der Waals surface area (Å²) < 4.78 is 44.2. The Hall–Kier alpha value is -2.23. The molecule has 0 radical (unpaired) electrons. The van der Waals surface area contributed by atoms with Gasteiger partial charge in [0.15, 0.2) is 11.4 Å². The molecule has 0 aromatic carbocycles. The fourth-order valence-corrected chi connectivity index (χ4v) is 9.52. The summed E-state index contributed by atoms with van der Waals surface area (Å²) in [6.45, 7) is 6.99. The number of fused-ring (bicyclic) bond motifs is 5. The average molecular weight is 553 g/mol. The van der Waals surface area contributed by atoms with Crippen molar-refractivity contribution in [3.8, 4) is 0 Å². The number of carbonyl (C=O) groups is 4. The largest absolute Gasteiger partial charge is 0.504 e. The smallest absolute Gasteiger partial charge is 0.319 e. The van der Waals surface area contributed by atoms with Crippen LogP contribution in [0.4, 0.5) is 8.78 Å². The van der Waals surface area contributed by atoms with Crippen molar-refractivity contribution in [3.05, 3.63) is 23.5 Å². The van der Waals surface area contributed by atoms with E-state index in [1.165, 1.54) is 6.92 Å². The van der Waals surface area contributed by atoms with Crippen molar-refractivity contribution in [2.24, 2.45) is 28.6 Å². The van der Waals surface area contributed by atoms with E-state index in [9.17, 15) is 24.3 Å². The van der Waals surface area contributed by atoms with E-state index in [-0.39, 0.29) is 37.9 Å². The van der Waals surface area contributed by atoms with E-state index in [1.54, 1.807) is 13.8 Å². The van der Waals surface area contributed by atoms with Crippen LogP contribution in [0.2, 0.25) is 0 Å². The van der Waals surface area contributed by atoms with Crippen LogP contribution in [-0.2, 0) is 28.7 Å². The molecule has 1 saturated heterocycles. The third-order valence-corrected chi connectivity index (χ3v) is 11.5. The highest BCUT2D eigenvalue weighted by Crippen LogP contribution is 2.72. The summed E-state index contributed by atoms with van der Waals surface area (Å²) in [6, 6.07) is 0. The fraction of sp³-hybridized carbons (Fsp3) is 0.714. The van der Waals surface area contributed by atoms with Gasteiger partial charge >= 0.3 is 11.9 Å². The number of thioether (sulfide) groups is 1. The van der Waals surface area contributed by atoms with Crippen LogP contribution < -0.4 is 0 Å². The second-order valence-corrected chi connectivity index (χ2v) is 13.1. The SMILES string of the molecule is CCC(=O)O[C@]1(C(=O)S[C@H]2CCOC2=O)[C@H](C)C[C@H]2[C@@H]3C[C@H](F)C4=CC(=O)C(O)=C[C@]4(C)[C@@]3(F)CC[C@@]21C. The number of rotatable bonds is 4. The van der Waals surface area contributed by atoms with E-state index < -0.39 is 79.9 Å². The molecule has 3 saturated carbocycles. The van der Waals surface area contributed by atoms with Crippen molar-refractivity contribution < 1.29 is 42.5 Å². The Bertz CT molecular complexity index is 1170. The molecule has 1 aliphatic heterocycles. The van der Waals surface area contributed by atoms with Crippen LogP contribution in [0.15, 0.2) is 23.5 Å². The molecular formula is C28H34F2O7S. The first-order chi connectivity index (χ1) is 17.7. The number of aliphatic hydroxyl groups excluding tert-OH is 1. The highest BCUT2D eigenvalue weighted by atomic mass is 32.2. The van der Waals surface area contributed by atoms with E-state index in [4.69, 9.17) is 9.47 Å². The lowest BCUT2D eigenvalue weighted by atomic mass is 9.45. The van der Waals surface area contributed by atoms with Crippen LogP contribution >= 0.6 is 11.8 Å². The number of esters is 2. The summed E-state index contributed by atoms with van der Waals surface area (Å²) in [6.07, 6.45) is 1.20. The molecule has 1 N–H and O–H groups in total. The Morgan fingerprint density at radius 1 is 1.21 bits per heavy atom. The quantitative estimate of drug-likeness (QED) is 0.499. The second-order valence-electron chi connectivity index (χ2n) is 11.9. The third kappa shape index (κ3) is 3.43. The van der Waals surface area contributed by atoms with Crippen molar-refractivity contribution in [3.63, 3.8) is 0 Å². The Kier molecular flexibility index (Phi) is 6.40. The lowest BCUT2D eigenvalue weighted by molar-refractivity contribution is -0.200. The molecular weight excluding hydrogens is 518 g/mol. The number of hydrogen-bond donors (Lipinski definition) is 1. The van der Waals surface area contributed by atoms with Gasteiger partial charge in [0.2, 0.25) is 10.9 Å². The van der Waals surface area contributed by atoms with Crippen molar-refractivity contribution in [2.45, 2.75) is 88.9 Å². The summed E-state index contributed by atoms with van der Waals surface area (Å²) in [5.41, 5.74) is -6.13. The number of allylic oxidation sites excluding steroid dienone is 3. The van der Waals surface area contributed by atoms with Crippen molar-refractivity contribution >= 4 is 34.6 Å². The molecule has 38 heavy (non-hydrogen) atoms. The van der Waals surface area contributed by atoms with Gasteiger partial charge < -0.3 is 14.6 Å². The summed E-state index contributed by atoms with van der Waals surface area (Å²) in [5.74, 6) is -4.28. The van der Waals surface area contributed by atoms with E-state index in [1.807, 2.05) is 6.92 Å². The van der Waals surface area contributed by atoms with E-state index in [0.29, 0.717) is 12.8 Å². The van der Waals surface area contributed by atoms with Gasteiger partial charge in [-0.1, -0.05) is 32.5 Å². The van der Waals surface area contributed by atoms with Gasteiger partial charge in [-0.05, 0) is 56.3 Å². The molecule has 0 amide bonds. The molecule has 4 fully saturated rings. The van der Waals surface area contributed by atoms with Gasteiger partial charge in [-0.2, -0.15) is 0 Å². The molecule has 1 heterocycles. The number of ketones is 1. The molecule has 208 valence electrons. The van der Waals surface area contributed by atoms with Crippen LogP contribution in [0.5, 0.6) is 0 Å². The van der Waals surface area contributed by atoms with Gasteiger partial charge in [-0.25, -0.2) is 8.78 Å². The number of carbonyl (C=O) groups excluding carboxylic acids is 4. The molecule has 0 bridgehead atoms. The minimum atomic E-state index is -1.99. The maximum absolute atomic E-state index is 17.4. The van der Waals surface area contributed by atoms with Crippen molar-refractivity contribution in [1.82, 2.24) is 0 Å². The zero-order valence-electron chi connectivity index (χ0n) is 22.1. The molecule has 5 rings (SSSR count). The fourth-order valence-electron chi connectivity index (χ4n) is 8.23. The van der Waals surface area contributed by atoms with Gasteiger partial charge in [0, 0.05) is 35.5 Å². The molecule has 5 aliphatic rings. The standard InChI is InChI=1S/C28H34F2O7S/c1-5-22(33)37-28(24(35)38-21-6-9-36-23(21)34)14(2)10-15-16-11-18(29)17-12-19(31)20(32)13-26(17,4)27(16,30)8-7-25(15,28)3/h12-16,18,21,32H,5-11H2,1-4H3/t14-,15+,16+,18+,21+,25+,26+,27-,28+/m1/s1. The summed E-state index contributed by atoms with van der Waals surface area (Å²) >= 11 is 0.821. The topological polar surface area (TPSA) is 107 Å². The second kappa shape index (κ2) is 8.89. The monoisotopic (exact) mass is 552 g/mol. The average Bonchev–Trinajstić information content (AvgIpc) is 3.36. The normalized spacial score (nSPS) is 45.8. The van der Waals surface area contributed by atoms with E-state index in [0.717, 1.165) is 23.9 Å². The first kappa shape index (κ1) is 27.3. The lowest BCUT2D eigenvalue weighted by Crippen LogP contribution is -2.65. The van der Waals surface area contributed by atoms with E-state index >= 15 is 8.78 Å². The van der Waals surface area contributed by atoms with Crippen LogP contribution in [0, 0.1) is 28.6 Å². The Morgan fingerprint density at radius 2 is 1.92 bits per heavy atom. The molecule has 0 aromatic heterocycles. The molecule has 0 unspecified atom stereocenters. The van der Waals surface area contributed by atoms with Gasteiger partial charge in [0.05, 0.1) is 6.61 Å². The van der Waals surface area contributed by atoms with Gasteiger partial charge in [0.1, 0.15) is 17.1 Å². The lowest BCUT2D eigenvalue weighted by Gasteiger charge is -2.61. The van der Waals surface area contributed by atoms with Crippen LogP contribution in [0.3, 0.4) is 0 Å².